The summed E-state index contributed by atoms with van der Waals surface area (Å²) in [6.45, 7) is 7.05. The van der Waals surface area contributed by atoms with E-state index < -0.39 is 17.7 Å². The van der Waals surface area contributed by atoms with Crippen LogP contribution in [0.25, 0.3) is 5.76 Å². The van der Waals surface area contributed by atoms with Crippen LogP contribution in [0.1, 0.15) is 53.6 Å². The first-order valence-corrected chi connectivity index (χ1v) is 15.4. The van der Waals surface area contributed by atoms with Gasteiger partial charge in [-0.15, -0.1) is 10.2 Å². The smallest absolute Gasteiger partial charge is 0.301 e. The van der Waals surface area contributed by atoms with E-state index in [0.29, 0.717) is 57.0 Å². The number of ether oxygens (including phenoxy) is 2. The summed E-state index contributed by atoms with van der Waals surface area (Å²) in [6, 6.07) is 20.1. The third-order valence-electron chi connectivity index (χ3n) is 7.26. The van der Waals surface area contributed by atoms with Crippen LogP contribution in [-0.2, 0) is 15.3 Å². The molecular formula is C32H29N3O5S2. The number of Topliss-reactive ketones (excluding diaryl/α,β-unsaturated/α-hetero) is 1. The number of rotatable bonds is 7. The molecule has 1 N–H and O–H groups in total. The highest BCUT2D eigenvalue weighted by Crippen LogP contribution is 2.45. The minimum absolute atomic E-state index is 0.0157. The lowest BCUT2D eigenvalue weighted by Crippen LogP contribution is -2.29. The maximum Gasteiger partial charge on any atom is 0.301 e. The van der Waals surface area contributed by atoms with Crippen LogP contribution >= 0.6 is 23.1 Å². The molecule has 0 saturated carbocycles. The second-order valence-electron chi connectivity index (χ2n) is 10.5. The number of fused-ring (bicyclic) bond motifs is 1. The van der Waals surface area contributed by atoms with Crippen molar-refractivity contribution >= 4 is 45.7 Å². The highest BCUT2D eigenvalue weighted by molar-refractivity contribution is 8.00. The van der Waals surface area contributed by atoms with E-state index in [9.17, 15) is 14.7 Å². The van der Waals surface area contributed by atoms with Gasteiger partial charge in [-0.1, -0.05) is 91.0 Å². The summed E-state index contributed by atoms with van der Waals surface area (Å²) < 4.78 is 12.0. The van der Waals surface area contributed by atoms with Gasteiger partial charge in [-0.05, 0) is 47.7 Å². The monoisotopic (exact) mass is 599 g/mol. The largest absolute Gasteiger partial charge is 0.507 e. The molecule has 214 valence electrons. The molecule has 42 heavy (non-hydrogen) atoms. The minimum Gasteiger partial charge on any atom is -0.507 e. The van der Waals surface area contributed by atoms with Crippen molar-refractivity contribution in [3.8, 4) is 11.5 Å². The van der Waals surface area contributed by atoms with Crippen LogP contribution in [0.3, 0.4) is 0 Å². The molecule has 0 radical (unpaired) electrons. The van der Waals surface area contributed by atoms with Crippen molar-refractivity contribution in [1.29, 1.82) is 0 Å². The Labute approximate surface area is 252 Å². The maximum absolute atomic E-state index is 13.6. The summed E-state index contributed by atoms with van der Waals surface area (Å²) >= 11 is 2.76. The van der Waals surface area contributed by atoms with Gasteiger partial charge in [0.05, 0.1) is 11.6 Å². The van der Waals surface area contributed by atoms with Crippen molar-refractivity contribution in [2.45, 2.75) is 42.8 Å². The zero-order chi connectivity index (χ0) is 29.4. The van der Waals surface area contributed by atoms with Crippen molar-refractivity contribution in [1.82, 2.24) is 10.2 Å². The Morgan fingerprint density at radius 1 is 1.00 bits per heavy atom. The summed E-state index contributed by atoms with van der Waals surface area (Å²) in [5, 5.41) is 20.5. The van der Waals surface area contributed by atoms with Crippen LogP contribution in [-0.4, -0.2) is 40.2 Å². The van der Waals surface area contributed by atoms with E-state index in [1.807, 2.05) is 31.2 Å². The minimum atomic E-state index is -0.887. The molecule has 1 amide bonds. The molecule has 4 aromatic rings. The predicted molar refractivity (Wildman–Crippen MR) is 163 cm³/mol. The second-order valence-corrected chi connectivity index (χ2v) is 12.7. The highest BCUT2D eigenvalue weighted by Gasteiger charge is 2.48. The van der Waals surface area contributed by atoms with Gasteiger partial charge in [0, 0.05) is 11.3 Å². The van der Waals surface area contributed by atoms with Gasteiger partial charge in [0.25, 0.3) is 5.78 Å². The molecule has 6 rings (SSSR count). The summed E-state index contributed by atoms with van der Waals surface area (Å²) in [6.07, 6.45) is 0. The summed E-state index contributed by atoms with van der Waals surface area (Å²) in [5.74, 6) is 0.185. The molecular weight excluding hydrogens is 571 g/mol. The van der Waals surface area contributed by atoms with Crippen LogP contribution < -0.4 is 14.4 Å². The summed E-state index contributed by atoms with van der Waals surface area (Å²) in [5.41, 5.74) is 4.48. The Balaban J connectivity index is 1.39. The Morgan fingerprint density at radius 2 is 1.71 bits per heavy atom. The Kier molecular flexibility index (Phi) is 7.74. The van der Waals surface area contributed by atoms with Gasteiger partial charge >= 0.3 is 5.91 Å². The molecule has 3 aromatic carbocycles. The average Bonchev–Trinajstić information content (AvgIpc) is 3.58. The fourth-order valence-corrected chi connectivity index (χ4v) is 6.77. The fourth-order valence-electron chi connectivity index (χ4n) is 4.94. The average molecular weight is 600 g/mol. The lowest BCUT2D eigenvalue weighted by molar-refractivity contribution is -0.132. The van der Waals surface area contributed by atoms with E-state index in [0.717, 1.165) is 11.1 Å². The van der Waals surface area contributed by atoms with Crippen molar-refractivity contribution in [2.75, 3.05) is 18.1 Å². The number of amides is 1. The molecule has 3 heterocycles. The number of carbonyl (C=O) groups excluding carboxylic acids is 2. The van der Waals surface area contributed by atoms with E-state index >= 15 is 0 Å². The molecule has 1 aromatic heterocycles. The van der Waals surface area contributed by atoms with Gasteiger partial charge in [-0.3, -0.25) is 14.5 Å². The van der Waals surface area contributed by atoms with Gasteiger partial charge in [0.15, 0.2) is 15.8 Å². The first-order valence-electron chi connectivity index (χ1n) is 13.6. The summed E-state index contributed by atoms with van der Waals surface area (Å²) in [7, 11) is 0. The van der Waals surface area contributed by atoms with E-state index in [1.54, 1.807) is 18.2 Å². The van der Waals surface area contributed by atoms with E-state index in [-0.39, 0.29) is 11.3 Å². The van der Waals surface area contributed by atoms with Crippen LogP contribution in [0.2, 0.25) is 0 Å². The second kappa shape index (κ2) is 11.6. The van der Waals surface area contributed by atoms with Crippen LogP contribution in [0, 0.1) is 6.92 Å². The van der Waals surface area contributed by atoms with Crippen LogP contribution in [0.4, 0.5) is 5.13 Å². The number of thioether (sulfide) groups is 1. The molecule has 1 fully saturated rings. The van der Waals surface area contributed by atoms with Gasteiger partial charge < -0.3 is 14.6 Å². The Bertz CT molecular complexity index is 1680. The number of hydrogen-bond donors (Lipinski definition) is 1. The number of aromatic nitrogens is 2. The maximum atomic E-state index is 13.6. The molecule has 1 atom stereocenters. The first-order chi connectivity index (χ1) is 20.3. The van der Waals surface area contributed by atoms with Crippen LogP contribution in [0.15, 0.2) is 76.6 Å². The van der Waals surface area contributed by atoms with Gasteiger partial charge in [-0.2, -0.15) is 0 Å². The third kappa shape index (κ3) is 5.39. The standard InChI is InChI=1S/C32H29N3O5S2/c1-18(2)21-8-10-22(11-9-21)27-26(28(36)23-12-13-24-25(16-23)40-15-14-39-24)29(37)30(38)35(27)31-33-34-32(42-31)41-17-20-6-4-19(3)5-7-20/h4-13,16,18,27,36H,14-15,17H2,1-3H3. The molecule has 0 spiro atoms. The van der Waals surface area contributed by atoms with E-state index in [1.165, 1.54) is 33.6 Å². The number of hydrogen-bond acceptors (Lipinski definition) is 9. The topological polar surface area (TPSA) is 102 Å². The zero-order valence-electron chi connectivity index (χ0n) is 23.4. The molecule has 1 saturated heterocycles. The van der Waals surface area contributed by atoms with Gasteiger partial charge in [0.2, 0.25) is 5.13 Å². The Hall–Kier alpha value is -4.15. The van der Waals surface area contributed by atoms with E-state index in [4.69, 9.17) is 9.47 Å². The van der Waals surface area contributed by atoms with Crippen LogP contribution in [0.5, 0.6) is 11.5 Å². The first kappa shape index (κ1) is 28.0. The zero-order valence-corrected chi connectivity index (χ0v) is 25.0. The Morgan fingerprint density at radius 3 is 2.43 bits per heavy atom. The molecule has 10 heteroatoms. The SMILES string of the molecule is Cc1ccc(CSc2nnc(N3C(=O)C(=O)C(=C(O)c4ccc5c(c4)OCCO5)C3c3ccc(C(C)C)cc3)s2)cc1. The molecule has 1 unspecified atom stereocenters. The number of anilines is 1. The lowest BCUT2D eigenvalue weighted by Gasteiger charge is -2.23. The van der Waals surface area contributed by atoms with Gasteiger partial charge in [0.1, 0.15) is 19.0 Å². The molecule has 0 bridgehead atoms. The van der Waals surface area contributed by atoms with E-state index in [2.05, 4.69) is 48.3 Å². The van der Waals surface area contributed by atoms with Crippen molar-refractivity contribution in [2.24, 2.45) is 0 Å². The number of ketones is 1. The highest BCUT2D eigenvalue weighted by atomic mass is 32.2. The summed E-state index contributed by atoms with van der Waals surface area (Å²) in [4.78, 5) is 28.5. The lowest BCUT2D eigenvalue weighted by atomic mass is 9.93. The number of aliphatic hydroxyl groups is 1. The number of benzene rings is 3. The number of aryl methyl sites for hydroxylation is 1. The molecule has 8 nitrogen and oxygen atoms in total. The number of aliphatic hydroxyl groups excluding tert-OH is 1. The van der Waals surface area contributed by atoms with Gasteiger partial charge in [-0.25, -0.2) is 0 Å². The number of carbonyl (C=O) groups is 2. The van der Waals surface area contributed by atoms with Crippen molar-refractivity contribution < 1.29 is 24.2 Å². The normalized spacial score (nSPS) is 17.7. The van der Waals surface area contributed by atoms with Crippen molar-refractivity contribution in [3.63, 3.8) is 0 Å². The predicted octanol–water partition coefficient (Wildman–Crippen LogP) is 6.66. The molecule has 2 aliphatic rings. The third-order valence-corrected chi connectivity index (χ3v) is 9.39. The molecule has 2 aliphatic heterocycles. The fraction of sp³-hybridized carbons (Fsp3) is 0.250. The number of nitrogens with zero attached hydrogens (tertiary/aromatic N) is 3. The molecule has 0 aliphatic carbocycles. The van der Waals surface area contributed by atoms with Crippen molar-refractivity contribution in [3.05, 3.63) is 100 Å². The quantitative estimate of drug-likeness (QED) is 0.0828.